The number of ether oxygens (including phenoxy) is 2. The second-order valence-electron chi connectivity index (χ2n) is 7.01. The van der Waals surface area contributed by atoms with Crippen LogP contribution in [-0.4, -0.2) is 44.3 Å². The largest absolute Gasteiger partial charge is 0.484 e. The number of amides is 1. The van der Waals surface area contributed by atoms with Gasteiger partial charge >= 0.3 is 0 Å². The Morgan fingerprint density at radius 2 is 2.03 bits per heavy atom. The predicted octanol–water partition coefficient (Wildman–Crippen LogP) is 2.96. The van der Waals surface area contributed by atoms with E-state index in [1.807, 2.05) is 25.1 Å². The Hall–Kier alpha value is -1.55. The highest BCUT2D eigenvalue weighted by Crippen LogP contribution is 2.20. The summed E-state index contributed by atoms with van der Waals surface area (Å²) in [5, 5.41) is 6.60. The molecule has 1 aromatic carbocycles. The second kappa shape index (κ2) is 15.3. The van der Waals surface area contributed by atoms with Gasteiger partial charge in [0.25, 0.3) is 5.91 Å². The van der Waals surface area contributed by atoms with E-state index in [2.05, 4.69) is 15.6 Å². The first-order chi connectivity index (χ1) is 13.7. The molecule has 0 saturated heterocycles. The number of primary amides is 1. The number of nitrogens with zero attached hydrogens (tertiary/aromatic N) is 1. The van der Waals surface area contributed by atoms with Crippen molar-refractivity contribution >= 4 is 35.8 Å². The van der Waals surface area contributed by atoms with Crippen molar-refractivity contribution in [3.05, 3.63) is 29.8 Å². The monoisotopic (exact) mass is 518 g/mol. The summed E-state index contributed by atoms with van der Waals surface area (Å²) >= 11 is 0. The Kier molecular flexibility index (Phi) is 13.5. The summed E-state index contributed by atoms with van der Waals surface area (Å²) in [5.41, 5.74) is 6.11. The average molecular weight is 518 g/mol. The number of aliphatic imine (C=N–C) groups is 1. The maximum atomic E-state index is 10.8. The van der Waals surface area contributed by atoms with Crippen LogP contribution < -0.4 is 21.1 Å². The fourth-order valence-corrected chi connectivity index (χ4v) is 3.16. The van der Waals surface area contributed by atoms with Gasteiger partial charge in [-0.2, -0.15) is 0 Å². The zero-order valence-corrected chi connectivity index (χ0v) is 19.7. The number of nitrogens with one attached hydrogen (secondary N) is 2. The van der Waals surface area contributed by atoms with Crippen molar-refractivity contribution in [3.8, 4) is 5.75 Å². The third-order valence-electron chi connectivity index (χ3n) is 4.56. The van der Waals surface area contributed by atoms with Crippen LogP contribution in [0.4, 0.5) is 0 Å². The van der Waals surface area contributed by atoms with Crippen molar-refractivity contribution in [1.82, 2.24) is 10.6 Å². The number of halogens is 1. The molecule has 0 unspecified atom stereocenters. The highest BCUT2D eigenvalue weighted by atomic mass is 127. The molecule has 0 radical (unpaired) electrons. The number of nitrogens with two attached hydrogens (primary N) is 1. The Morgan fingerprint density at radius 1 is 1.24 bits per heavy atom. The van der Waals surface area contributed by atoms with E-state index < -0.39 is 5.91 Å². The molecule has 1 fully saturated rings. The maximum Gasteiger partial charge on any atom is 0.255 e. The third-order valence-corrected chi connectivity index (χ3v) is 4.56. The van der Waals surface area contributed by atoms with E-state index in [0.29, 0.717) is 18.4 Å². The first kappa shape index (κ1) is 25.5. The smallest absolute Gasteiger partial charge is 0.255 e. The van der Waals surface area contributed by atoms with Gasteiger partial charge < -0.3 is 25.8 Å². The number of rotatable bonds is 11. The maximum absolute atomic E-state index is 10.8. The molecule has 4 N–H and O–H groups in total. The molecule has 0 bridgehead atoms. The highest BCUT2D eigenvalue weighted by Gasteiger charge is 2.12. The van der Waals surface area contributed by atoms with Gasteiger partial charge in [0.2, 0.25) is 0 Å². The van der Waals surface area contributed by atoms with Crippen LogP contribution in [0.25, 0.3) is 0 Å². The summed E-state index contributed by atoms with van der Waals surface area (Å²) in [6.45, 7) is 4.84. The van der Waals surface area contributed by atoms with Crippen molar-refractivity contribution in [2.24, 2.45) is 10.7 Å². The molecule has 1 aliphatic rings. The van der Waals surface area contributed by atoms with Crippen molar-refractivity contribution in [3.63, 3.8) is 0 Å². The molecule has 0 aromatic heterocycles. The minimum absolute atomic E-state index is 0. The van der Waals surface area contributed by atoms with Crippen molar-refractivity contribution in [1.29, 1.82) is 0 Å². The standard InChI is InChI=1S/C21H34N4O3.HI/c1-2-23-21(24-12-7-13-27-18-9-4-3-5-10-18)25-15-17-8-6-11-19(14-17)28-16-20(22)26;/h6,8,11,14,18H,2-5,7,9-10,12-13,15-16H2,1H3,(H2,22,26)(H2,23,24,25);1H. The van der Waals surface area contributed by atoms with E-state index in [4.69, 9.17) is 15.2 Å². The molecule has 0 heterocycles. The van der Waals surface area contributed by atoms with Crippen LogP contribution in [0.5, 0.6) is 5.75 Å². The van der Waals surface area contributed by atoms with Gasteiger partial charge in [0, 0.05) is 19.7 Å². The molecule has 1 saturated carbocycles. The van der Waals surface area contributed by atoms with Crippen molar-refractivity contribution in [2.75, 3.05) is 26.3 Å². The molecule has 1 aliphatic carbocycles. The number of carbonyl (C=O) groups is 1. The van der Waals surface area contributed by atoms with Crippen LogP contribution in [0.1, 0.15) is 51.0 Å². The van der Waals surface area contributed by atoms with Crippen LogP contribution in [0.2, 0.25) is 0 Å². The lowest BCUT2D eigenvalue weighted by Gasteiger charge is -2.22. The van der Waals surface area contributed by atoms with Crippen LogP contribution in [0, 0.1) is 0 Å². The van der Waals surface area contributed by atoms with Gasteiger partial charge in [-0.1, -0.05) is 31.4 Å². The topological polar surface area (TPSA) is 98.0 Å². The summed E-state index contributed by atoms with van der Waals surface area (Å²) in [6.07, 6.45) is 7.78. The molecule has 2 rings (SSSR count). The van der Waals surface area contributed by atoms with Crippen LogP contribution >= 0.6 is 24.0 Å². The number of carbonyl (C=O) groups excluding carboxylic acids is 1. The van der Waals surface area contributed by atoms with Crippen LogP contribution in [-0.2, 0) is 16.1 Å². The fraction of sp³-hybridized carbons (Fsp3) is 0.619. The molecule has 1 amide bonds. The van der Waals surface area contributed by atoms with E-state index in [0.717, 1.165) is 37.6 Å². The van der Waals surface area contributed by atoms with Crippen LogP contribution in [0.3, 0.4) is 0 Å². The number of guanidine groups is 1. The van der Waals surface area contributed by atoms with Crippen LogP contribution in [0.15, 0.2) is 29.3 Å². The average Bonchev–Trinajstić information content (AvgIpc) is 2.71. The van der Waals surface area contributed by atoms with Gasteiger partial charge in [0.1, 0.15) is 5.75 Å². The second-order valence-corrected chi connectivity index (χ2v) is 7.01. The van der Waals surface area contributed by atoms with Gasteiger partial charge in [-0.3, -0.25) is 4.79 Å². The third kappa shape index (κ3) is 11.3. The zero-order chi connectivity index (χ0) is 20.0. The Balaban J connectivity index is 0.00000420. The lowest BCUT2D eigenvalue weighted by atomic mass is 9.98. The lowest BCUT2D eigenvalue weighted by molar-refractivity contribution is -0.119. The number of hydrogen-bond donors (Lipinski definition) is 3. The number of benzene rings is 1. The molecule has 0 spiro atoms. The van der Waals surface area contributed by atoms with Gasteiger partial charge in [0.15, 0.2) is 12.6 Å². The van der Waals surface area contributed by atoms with Crippen molar-refractivity contribution < 1.29 is 14.3 Å². The van der Waals surface area contributed by atoms with Gasteiger partial charge in [-0.05, 0) is 43.9 Å². The molecule has 0 atom stereocenters. The van der Waals surface area contributed by atoms with Gasteiger partial charge in [-0.25, -0.2) is 4.99 Å². The Labute approximate surface area is 191 Å². The normalized spacial score (nSPS) is 14.7. The molecular weight excluding hydrogens is 483 g/mol. The Morgan fingerprint density at radius 3 is 2.76 bits per heavy atom. The van der Waals surface area contributed by atoms with Crippen molar-refractivity contribution in [2.45, 2.75) is 58.1 Å². The minimum Gasteiger partial charge on any atom is -0.484 e. The summed E-state index contributed by atoms with van der Waals surface area (Å²) in [6, 6.07) is 7.52. The SMILES string of the molecule is CCNC(=NCc1cccc(OCC(N)=O)c1)NCCCOC1CCCCC1.I. The van der Waals surface area contributed by atoms with Gasteiger partial charge in [0.05, 0.1) is 12.6 Å². The van der Waals surface area contributed by atoms with E-state index in [9.17, 15) is 4.79 Å². The lowest BCUT2D eigenvalue weighted by Crippen LogP contribution is -2.38. The summed E-state index contributed by atoms with van der Waals surface area (Å²) in [5.74, 6) is 0.905. The summed E-state index contributed by atoms with van der Waals surface area (Å²) in [4.78, 5) is 15.4. The quantitative estimate of drug-likeness (QED) is 0.181. The molecule has 1 aromatic rings. The first-order valence-electron chi connectivity index (χ1n) is 10.3. The molecule has 29 heavy (non-hydrogen) atoms. The fourth-order valence-electron chi connectivity index (χ4n) is 3.16. The molecule has 7 nitrogen and oxygen atoms in total. The molecule has 164 valence electrons. The first-order valence-corrected chi connectivity index (χ1v) is 10.3. The summed E-state index contributed by atoms with van der Waals surface area (Å²) in [7, 11) is 0. The highest BCUT2D eigenvalue weighted by molar-refractivity contribution is 14.0. The van der Waals surface area contributed by atoms with E-state index in [1.54, 1.807) is 6.07 Å². The van der Waals surface area contributed by atoms with E-state index >= 15 is 0 Å². The Bertz CT molecular complexity index is 622. The molecule has 8 heteroatoms. The van der Waals surface area contributed by atoms with E-state index in [-0.39, 0.29) is 30.6 Å². The number of hydrogen-bond acceptors (Lipinski definition) is 4. The minimum atomic E-state index is -0.491. The zero-order valence-electron chi connectivity index (χ0n) is 17.3. The van der Waals surface area contributed by atoms with E-state index in [1.165, 1.54) is 32.1 Å². The van der Waals surface area contributed by atoms with Gasteiger partial charge in [-0.15, -0.1) is 24.0 Å². The molecule has 0 aliphatic heterocycles. The molecular formula is C21H35IN4O3. The summed E-state index contributed by atoms with van der Waals surface area (Å²) < 4.78 is 11.3. The predicted molar refractivity (Wildman–Crippen MR) is 127 cm³/mol.